The second kappa shape index (κ2) is 16.7. The largest absolute Gasteiger partial charge is 0.378 e. The lowest BCUT2D eigenvalue weighted by molar-refractivity contribution is 0.0547. The van der Waals surface area contributed by atoms with Gasteiger partial charge in [-0.2, -0.15) is 15.0 Å². The van der Waals surface area contributed by atoms with Crippen LogP contribution in [0.1, 0.15) is 56.1 Å². The maximum absolute atomic E-state index is 5.64. The number of hydrogen-bond acceptors (Lipinski definition) is 9. The molecule has 9 nitrogen and oxygen atoms in total. The van der Waals surface area contributed by atoms with Gasteiger partial charge in [0.2, 0.25) is 17.8 Å². The Morgan fingerprint density at radius 2 is 1.27 bits per heavy atom. The van der Waals surface area contributed by atoms with E-state index in [1.807, 2.05) is 0 Å². The van der Waals surface area contributed by atoms with Gasteiger partial charge in [0, 0.05) is 31.6 Å². The minimum absolute atomic E-state index is 0.280. The Bertz CT molecular complexity index is 1060. The normalized spacial score (nSPS) is 17.1. The molecule has 0 atom stereocenters. The second-order valence-corrected chi connectivity index (χ2v) is 10.4. The molecule has 40 heavy (non-hydrogen) atoms. The van der Waals surface area contributed by atoms with Crippen LogP contribution in [0.4, 0.5) is 17.8 Å². The van der Waals surface area contributed by atoms with Gasteiger partial charge in [-0.25, -0.2) is 0 Å². The maximum Gasteiger partial charge on any atom is 0.229 e. The van der Waals surface area contributed by atoms with Gasteiger partial charge in [0.1, 0.15) is 0 Å². The van der Waals surface area contributed by atoms with Crippen molar-refractivity contribution in [2.75, 3.05) is 62.0 Å². The molecular weight excluding hydrogens is 502 g/mol. The van der Waals surface area contributed by atoms with Crippen molar-refractivity contribution in [1.82, 2.24) is 15.0 Å². The van der Waals surface area contributed by atoms with Crippen molar-refractivity contribution in [3.63, 3.8) is 0 Å². The molecule has 0 aliphatic heterocycles. The van der Waals surface area contributed by atoms with Crippen LogP contribution in [0.15, 0.2) is 60.7 Å². The van der Waals surface area contributed by atoms with E-state index in [9.17, 15) is 0 Å². The zero-order valence-corrected chi connectivity index (χ0v) is 23.7. The lowest BCUT2D eigenvalue weighted by atomic mass is 9.87. The molecule has 1 aliphatic carbocycles. The Morgan fingerprint density at radius 1 is 0.725 bits per heavy atom. The van der Waals surface area contributed by atoms with Crippen molar-refractivity contribution in [1.29, 1.82) is 0 Å². The summed E-state index contributed by atoms with van der Waals surface area (Å²) in [6, 6.07) is 21.7. The van der Waals surface area contributed by atoms with E-state index in [1.54, 1.807) is 0 Å². The molecule has 5 N–H and O–H groups in total. The Balaban J connectivity index is 1.37. The van der Waals surface area contributed by atoms with E-state index in [1.165, 1.54) is 24.0 Å². The number of nitrogens with zero attached hydrogens (tertiary/aromatic N) is 3. The summed E-state index contributed by atoms with van der Waals surface area (Å²) >= 11 is 0. The summed E-state index contributed by atoms with van der Waals surface area (Å²) in [6.07, 6.45) is 5.63. The van der Waals surface area contributed by atoms with E-state index in [4.69, 9.17) is 20.2 Å². The quantitative estimate of drug-likeness (QED) is 0.175. The fraction of sp³-hybridized carbons (Fsp3) is 0.516. The molecule has 1 fully saturated rings. The van der Waals surface area contributed by atoms with E-state index < -0.39 is 0 Å². The number of aromatic nitrogens is 3. The highest BCUT2D eigenvalue weighted by Crippen LogP contribution is 2.28. The van der Waals surface area contributed by atoms with Gasteiger partial charge in [-0.05, 0) is 49.1 Å². The van der Waals surface area contributed by atoms with Crippen molar-refractivity contribution in [3.05, 3.63) is 71.8 Å². The van der Waals surface area contributed by atoms with Crippen LogP contribution in [0.2, 0.25) is 0 Å². The number of anilines is 3. The molecule has 1 aromatic heterocycles. The van der Waals surface area contributed by atoms with Crippen LogP contribution in [0, 0.1) is 5.92 Å². The number of hydrogen-bond donors (Lipinski definition) is 4. The summed E-state index contributed by atoms with van der Waals surface area (Å²) in [6.45, 7) is 6.31. The molecule has 0 unspecified atom stereocenters. The first kappa shape index (κ1) is 29.7. The Labute approximate surface area is 238 Å². The fourth-order valence-corrected chi connectivity index (χ4v) is 5.05. The van der Waals surface area contributed by atoms with Crippen molar-refractivity contribution in [3.8, 4) is 0 Å². The third kappa shape index (κ3) is 10.0. The number of nitrogens with one attached hydrogen (secondary N) is 3. The molecule has 1 saturated carbocycles. The van der Waals surface area contributed by atoms with E-state index >= 15 is 0 Å². The number of nitrogens with two attached hydrogens (primary N) is 1. The van der Waals surface area contributed by atoms with Crippen LogP contribution >= 0.6 is 0 Å². The molecule has 0 bridgehead atoms. The number of benzene rings is 2. The maximum atomic E-state index is 5.64. The van der Waals surface area contributed by atoms with Crippen molar-refractivity contribution in [2.24, 2.45) is 11.7 Å². The van der Waals surface area contributed by atoms with Gasteiger partial charge in [-0.1, -0.05) is 67.6 Å². The molecule has 0 radical (unpaired) electrons. The predicted octanol–water partition coefficient (Wildman–Crippen LogP) is 4.90. The zero-order valence-electron chi connectivity index (χ0n) is 23.7. The highest BCUT2D eigenvalue weighted by Gasteiger charge is 2.20. The van der Waals surface area contributed by atoms with Crippen molar-refractivity contribution < 1.29 is 9.47 Å². The summed E-state index contributed by atoms with van der Waals surface area (Å²) in [7, 11) is 0. The first-order chi connectivity index (χ1) is 19.7. The van der Waals surface area contributed by atoms with E-state index in [-0.39, 0.29) is 5.92 Å². The molecule has 9 heteroatoms. The van der Waals surface area contributed by atoms with Gasteiger partial charge in [0.05, 0.1) is 26.4 Å². The van der Waals surface area contributed by atoms with Crippen LogP contribution < -0.4 is 21.7 Å². The lowest BCUT2D eigenvalue weighted by Crippen LogP contribution is -2.27. The number of ether oxygens (including phenoxy) is 2. The third-order valence-corrected chi connectivity index (χ3v) is 7.27. The molecule has 0 saturated heterocycles. The average molecular weight is 548 g/mol. The summed E-state index contributed by atoms with van der Waals surface area (Å²) in [5.74, 6) is 2.78. The van der Waals surface area contributed by atoms with Crippen LogP contribution in [0.5, 0.6) is 0 Å². The minimum Gasteiger partial charge on any atom is -0.378 e. The molecule has 2 aromatic carbocycles. The standard InChI is InChI=1S/C31H45N7O2/c1-24-12-14-27(15-13-24)35-31-37-29(36-30(38-31)34-19-21-40-23-22-39-20-17-32)33-18-16-28(25-8-4-2-5-9-25)26-10-6-3-7-11-26/h2-11,24,27-28H,12-23,32H2,1H3,(H3,33,34,35,36,37,38). The SMILES string of the molecule is CC1CCC(Nc2nc(NCCOCCOCCN)nc(NCCC(c3ccccc3)c3ccccc3)n2)CC1. The summed E-state index contributed by atoms with van der Waals surface area (Å²) in [4.78, 5) is 14.1. The van der Waals surface area contributed by atoms with Crippen molar-refractivity contribution >= 4 is 17.8 Å². The molecule has 0 amide bonds. The molecule has 0 spiro atoms. The predicted molar refractivity (Wildman–Crippen MR) is 162 cm³/mol. The van der Waals surface area contributed by atoms with E-state index in [2.05, 4.69) is 93.5 Å². The van der Waals surface area contributed by atoms with Crippen LogP contribution in [-0.4, -0.2) is 67.1 Å². The third-order valence-electron chi connectivity index (χ3n) is 7.27. The lowest BCUT2D eigenvalue weighted by Gasteiger charge is -2.27. The highest BCUT2D eigenvalue weighted by atomic mass is 16.5. The second-order valence-electron chi connectivity index (χ2n) is 10.4. The monoisotopic (exact) mass is 547 g/mol. The van der Waals surface area contributed by atoms with Crippen LogP contribution in [0.3, 0.4) is 0 Å². The van der Waals surface area contributed by atoms with Gasteiger partial charge in [-0.3, -0.25) is 0 Å². The molecular formula is C31H45N7O2. The van der Waals surface area contributed by atoms with Gasteiger partial charge in [-0.15, -0.1) is 0 Å². The van der Waals surface area contributed by atoms with Gasteiger partial charge in [0.25, 0.3) is 0 Å². The Morgan fingerprint density at radius 3 is 1.88 bits per heavy atom. The van der Waals surface area contributed by atoms with Crippen molar-refractivity contribution in [2.45, 2.75) is 51.0 Å². The zero-order chi connectivity index (χ0) is 27.8. The summed E-state index contributed by atoms with van der Waals surface area (Å²) < 4.78 is 11.0. The number of rotatable bonds is 17. The van der Waals surface area contributed by atoms with Gasteiger partial charge in [0.15, 0.2) is 0 Å². The summed E-state index contributed by atoms with van der Waals surface area (Å²) in [5.41, 5.74) is 8.04. The average Bonchev–Trinajstić information content (AvgIpc) is 2.99. The molecule has 1 heterocycles. The molecule has 1 aliphatic rings. The van der Waals surface area contributed by atoms with E-state index in [0.29, 0.717) is 63.4 Å². The first-order valence-electron chi connectivity index (χ1n) is 14.7. The van der Waals surface area contributed by atoms with E-state index in [0.717, 1.165) is 31.7 Å². The summed E-state index contributed by atoms with van der Waals surface area (Å²) in [5, 5.41) is 10.3. The Hall–Kier alpha value is -3.27. The Kier molecular flexibility index (Phi) is 12.4. The molecule has 216 valence electrons. The van der Waals surface area contributed by atoms with Gasteiger partial charge < -0.3 is 31.2 Å². The fourth-order valence-electron chi connectivity index (χ4n) is 5.05. The smallest absolute Gasteiger partial charge is 0.229 e. The highest BCUT2D eigenvalue weighted by molar-refractivity contribution is 5.43. The topological polar surface area (TPSA) is 119 Å². The first-order valence-corrected chi connectivity index (χ1v) is 14.7. The van der Waals surface area contributed by atoms with Crippen LogP contribution in [0.25, 0.3) is 0 Å². The molecule has 4 rings (SSSR count). The van der Waals surface area contributed by atoms with Crippen LogP contribution in [-0.2, 0) is 9.47 Å². The minimum atomic E-state index is 0.280. The molecule has 3 aromatic rings. The van der Waals surface area contributed by atoms with Gasteiger partial charge >= 0.3 is 0 Å².